The van der Waals surface area contributed by atoms with Crippen LogP contribution in [0.4, 0.5) is 8.78 Å². The number of aliphatic carboxylic acids is 1. The molecule has 1 N–H and O–H groups in total. The van der Waals surface area contributed by atoms with Gasteiger partial charge in [-0.2, -0.15) is 0 Å². The highest BCUT2D eigenvalue weighted by Crippen LogP contribution is 2.25. The van der Waals surface area contributed by atoms with E-state index < -0.39 is 17.6 Å². The molecular weight excluding hydrogens is 286 g/mol. The van der Waals surface area contributed by atoms with Crippen molar-refractivity contribution in [2.24, 2.45) is 0 Å². The summed E-state index contributed by atoms with van der Waals surface area (Å²) >= 11 is 5.85. The highest BCUT2D eigenvalue weighted by atomic mass is 35.5. The first-order valence-electron chi connectivity index (χ1n) is 5.64. The molecule has 0 aliphatic carbocycles. The number of rotatable bonds is 3. The maximum absolute atomic E-state index is 13.7. The van der Waals surface area contributed by atoms with E-state index >= 15 is 0 Å². The van der Waals surface area contributed by atoms with E-state index in [2.05, 4.69) is 0 Å². The van der Waals surface area contributed by atoms with Crippen molar-refractivity contribution in [2.75, 3.05) is 0 Å². The highest BCUT2D eigenvalue weighted by Gasteiger charge is 2.13. The summed E-state index contributed by atoms with van der Waals surface area (Å²) in [5.74, 6) is -2.36. The summed E-state index contributed by atoms with van der Waals surface area (Å²) in [4.78, 5) is 11.3. The molecule has 0 saturated carbocycles. The Hall–Kier alpha value is -2.20. The molecule has 0 aliphatic heterocycles. The van der Waals surface area contributed by atoms with E-state index in [1.165, 1.54) is 30.3 Å². The topological polar surface area (TPSA) is 37.3 Å². The fourth-order valence-corrected chi connectivity index (χ4v) is 1.91. The Morgan fingerprint density at radius 1 is 1.10 bits per heavy atom. The molecule has 2 nitrogen and oxygen atoms in total. The summed E-state index contributed by atoms with van der Waals surface area (Å²) in [6, 6.07) is 8.95. The lowest BCUT2D eigenvalue weighted by atomic mass is 10.0. The second-order valence-corrected chi connectivity index (χ2v) is 4.41. The molecule has 0 spiro atoms. The van der Waals surface area contributed by atoms with E-state index in [-0.39, 0.29) is 21.7 Å². The Morgan fingerprint density at radius 2 is 1.75 bits per heavy atom. The van der Waals surface area contributed by atoms with E-state index in [0.717, 1.165) is 18.2 Å². The van der Waals surface area contributed by atoms with Gasteiger partial charge in [-0.05, 0) is 35.9 Å². The van der Waals surface area contributed by atoms with Gasteiger partial charge in [0.05, 0.1) is 10.6 Å². The van der Waals surface area contributed by atoms with Crippen molar-refractivity contribution < 1.29 is 18.7 Å². The first-order chi connectivity index (χ1) is 9.49. The maximum Gasteiger partial charge on any atom is 0.336 e. The van der Waals surface area contributed by atoms with Crippen LogP contribution in [0.1, 0.15) is 11.1 Å². The van der Waals surface area contributed by atoms with Crippen LogP contribution in [0.25, 0.3) is 11.6 Å². The summed E-state index contributed by atoms with van der Waals surface area (Å²) in [6.45, 7) is 0. The lowest BCUT2D eigenvalue weighted by Gasteiger charge is -2.05. The molecule has 0 aromatic heterocycles. The third-order valence-corrected chi connectivity index (χ3v) is 3.00. The summed E-state index contributed by atoms with van der Waals surface area (Å²) < 4.78 is 26.5. The summed E-state index contributed by atoms with van der Waals surface area (Å²) in [5, 5.41) is 9.31. The van der Waals surface area contributed by atoms with Gasteiger partial charge < -0.3 is 5.11 Å². The Morgan fingerprint density at radius 3 is 2.30 bits per heavy atom. The molecule has 0 aliphatic rings. The fourth-order valence-electron chi connectivity index (χ4n) is 1.69. The van der Waals surface area contributed by atoms with Crippen molar-refractivity contribution in [1.82, 2.24) is 0 Å². The van der Waals surface area contributed by atoms with Gasteiger partial charge in [0.1, 0.15) is 11.6 Å². The van der Waals surface area contributed by atoms with E-state index in [4.69, 9.17) is 11.6 Å². The van der Waals surface area contributed by atoms with Gasteiger partial charge in [0.25, 0.3) is 0 Å². The van der Waals surface area contributed by atoms with E-state index in [9.17, 15) is 18.7 Å². The molecule has 20 heavy (non-hydrogen) atoms. The van der Waals surface area contributed by atoms with Crippen molar-refractivity contribution >= 4 is 29.2 Å². The first-order valence-corrected chi connectivity index (χ1v) is 6.02. The molecule has 0 amide bonds. The monoisotopic (exact) mass is 294 g/mol. The average Bonchev–Trinajstić information content (AvgIpc) is 2.39. The minimum Gasteiger partial charge on any atom is -0.478 e. The molecule has 2 aromatic carbocycles. The molecule has 0 heterocycles. The van der Waals surface area contributed by atoms with Gasteiger partial charge in [0.2, 0.25) is 0 Å². The molecule has 2 rings (SSSR count). The lowest BCUT2D eigenvalue weighted by molar-refractivity contribution is -0.130. The third kappa shape index (κ3) is 3.03. The molecule has 0 saturated heterocycles. The molecular formula is C15H9ClF2O2. The molecule has 102 valence electrons. The number of carboxylic acids is 1. The van der Waals surface area contributed by atoms with Gasteiger partial charge in [0.15, 0.2) is 0 Å². The minimum atomic E-state index is -1.25. The second-order valence-electron chi connectivity index (χ2n) is 4.01. The van der Waals surface area contributed by atoms with Gasteiger partial charge >= 0.3 is 5.97 Å². The number of carboxylic acid groups (broad SMARTS) is 1. The van der Waals surface area contributed by atoms with Crippen LogP contribution in [0.2, 0.25) is 5.02 Å². The fraction of sp³-hybridized carbons (Fsp3) is 0. The van der Waals surface area contributed by atoms with Gasteiger partial charge in [-0.15, -0.1) is 0 Å². The van der Waals surface area contributed by atoms with Gasteiger partial charge in [-0.3, -0.25) is 0 Å². The minimum absolute atomic E-state index is 0.0177. The number of benzene rings is 2. The van der Waals surface area contributed by atoms with E-state index in [1.807, 2.05) is 0 Å². The van der Waals surface area contributed by atoms with Crippen molar-refractivity contribution in [3.63, 3.8) is 0 Å². The molecule has 0 radical (unpaired) electrons. The van der Waals surface area contributed by atoms with Gasteiger partial charge in [-0.25, -0.2) is 13.6 Å². The molecule has 0 bridgehead atoms. The number of halogens is 3. The molecule has 5 heteroatoms. The SMILES string of the molecule is O=C(O)/C(=C\c1c(F)cccc1Cl)c1ccc(F)cc1. The van der Waals surface area contributed by atoms with Crippen LogP contribution >= 0.6 is 11.6 Å². The van der Waals surface area contributed by atoms with Crippen LogP contribution in [0.5, 0.6) is 0 Å². The Bertz CT molecular complexity index is 659. The Balaban J connectivity index is 2.56. The van der Waals surface area contributed by atoms with Crippen LogP contribution in [-0.2, 0) is 4.79 Å². The van der Waals surface area contributed by atoms with Crippen LogP contribution in [0, 0.1) is 11.6 Å². The predicted molar refractivity (Wildman–Crippen MR) is 73.3 cm³/mol. The predicted octanol–water partition coefficient (Wildman–Crippen LogP) is 4.24. The highest BCUT2D eigenvalue weighted by molar-refractivity contribution is 6.33. The normalized spacial score (nSPS) is 11.4. The summed E-state index contributed by atoms with van der Waals surface area (Å²) in [6.07, 6.45) is 1.13. The first kappa shape index (κ1) is 14.2. The van der Waals surface area contributed by atoms with Gasteiger partial charge in [0, 0.05) is 5.56 Å². The van der Waals surface area contributed by atoms with Gasteiger partial charge in [-0.1, -0.05) is 29.8 Å². The second kappa shape index (κ2) is 5.84. The average molecular weight is 295 g/mol. The molecule has 0 unspecified atom stereocenters. The number of carbonyl (C=O) groups is 1. The lowest BCUT2D eigenvalue weighted by Crippen LogP contribution is -2.00. The van der Waals surface area contributed by atoms with Crippen LogP contribution in [-0.4, -0.2) is 11.1 Å². The number of hydrogen-bond donors (Lipinski definition) is 1. The zero-order valence-electron chi connectivity index (χ0n) is 10.1. The van der Waals surface area contributed by atoms with E-state index in [0.29, 0.717) is 0 Å². The molecule has 0 atom stereocenters. The zero-order valence-corrected chi connectivity index (χ0v) is 10.9. The van der Waals surface area contributed by atoms with Crippen molar-refractivity contribution in [3.05, 3.63) is 70.2 Å². The van der Waals surface area contributed by atoms with Crippen LogP contribution in [0.3, 0.4) is 0 Å². The van der Waals surface area contributed by atoms with Crippen molar-refractivity contribution in [3.8, 4) is 0 Å². The molecule has 2 aromatic rings. The molecule has 0 fully saturated rings. The smallest absolute Gasteiger partial charge is 0.336 e. The van der Waals surface area contributed by atoms with Crippen LogP contribution in [0.15, 0.2) is 42.5 Å². The summed E-state index contributed by atoms with van der Waals surface area (Å²) in [5.41, 5.74) is 0.0751. The Labute approximate surface area is 118 Å². The van der Waals surface area contributed by atoms with Crippen molar-refractivity contribution in [1.29, 1.82) is 0 Å². The number of hydrogen-bond acceptors (Lipinski definition) is 1. The van der Waals surface area contributed by atoms with Crippen molar-refractivity contribution in [2.45, 2.75) is 0 Å². The van der Waals surface area contributed by atoms with E-state index in [1.54, 1.807) is 0 Å². The summed E-state index contributed by atoms with van der Waals surface area (Å²) in [7, 11) is 0. The zero-order chi connectivity index (χ0) is 14.7. The standard InChI is InChI=1S/C15H9ClF2O2/c16-13-2-1-3-14(18)12(13)8-11(15(19)20)9-4-6-10(17)7-5-9/h1-8H,(H,19,20)/b11-8-. The maximum atomic E-state index is 13.7. The quantitative estimate of drug-likeness (QED) is 0.679. The van der Waals surface area contributed by atoms with Crippen LogP contribution < -0.4 is 0 Å². The Kier molecular flexibility index (Phi) is 4.15. The largest absolute Gasteiger partial charge is 0.478 e. The third-order valence-electron chi connectivity index (χ3n) is 2.67.